The summed E-state index contributed by atoms with van der Waals surface area (Å²) in [6.45, 7) is 2.72. The smallest absolute Gasteiger partial charge is 0.352 e. The Morgan fingerprint density at radius 3 is 2.49 bits per heavy atom. The molecule has 1 unspecified atom stereocenters. The molecule has 10 heteroatoms. The van der Waals surface area contributed by atoms with Gasteiger partial charge < -0.3 is 20.6 Å². The van der Waals surface area contributed by atoms with Crippen LogP contribution in [0.2, 0.25) is 0 Å². The molecule has 0 aliphatic carbocycles. The second-order valence-electron chi connectivity index (χ2n) is 8.67. The number of aromatic carboxylic acids is 1. The van der Waals surface area contributed by atoms with Crippen LogP contribution in [-0.2, 0) is 27.9 Å². The molecular formula is C27H26N4O5S. The van der Waals surface area contributed by atoms with E-state index in [2.05, 4.69) is 9.71 Å². The molecule has 0 aliphatic rings. The van der Waals surface area contributed by atoms with Gasteiger partial charge >= 0.3 is 5.97 Å². The quantitative estimate of drug-likeness (QED) is 0.254. The van der Waals surface area contributed by atoms with Gasteiger partial charge in [-0.3, -0.25) is 4.72 Å². The first-order valence-electron chi connectivity index (χ1n) is 11.4. The van der Waals surface area contributed by atoms with Gasteiger partial charge in [-0.15, -0.1) is 0 Å². The number of hydrogen-bond acceptors (Lipinski definition) is 6. The first-order valence-corrected chi connectivity index (χ1v) is 13.3. The van der Waals surface area contributed by atoms with E-state index in [-0.39, 0.29) is 23.0 Å². The Labute approximate surface area is 214 Å². The Morgan fingerprint density at radius 1 is 1.16 bits per heavy atom. The number of aromatic amines is 1. The average molecular weight is 519 g/mol. The summed E-state index contributed by atoms with van der Waals surface area (Å²) in [4.78, 5) is 15.2. The molecule has 0 radical (unpaired) electrons. The highest BCUT2D eigenvalue weighted by molar-refractivity contribution is 7.92. The highest BCUT2D eigenvalue weighted by Gasteiger charge is 2.23. The fourth-order valence-electron chi connectivity index (χ4n) is 4.20. The number of nitrogens with two attached hydrogens (primary N) is 1. The number of sulfonamides is 1. The summed E-state index contributed by atoms with van der Waals surface area (Å²) in [6, 6.07) is 19.8. The SMILES string of the molecule is CC(OCc1ccc(CN)cc1)c1cccc2c(-c3ccc(NS(C)(=O)=O)c(C#N)c3)c(C(=O)O)[nH]c12. The van der Waals surface area contributed by atoms with Gasteiger partial charge in [-0.25, -0.2) is 13.2 Å². The summed E-state index contributed by atoms with van der Waals surface area (Å²) in [5.74, 6) is -1.16. The van der Waals surface area contributed by atoms with E-state index >= 15 is 0 Å². The summed E-state index contributed by atoms with van der Waals surface area (Å²) < 4.78 is 31.7. The monoisotopic (exact) mass is 518 g/mol. The molecule has 4 aromatic rings. The Bertz CT molecular complexity index is 1620. The summed E-state index contributed by atoms with van der Waals surface area (Å²) >= 11 is 0. The average Bonchev–Trinajstić information content (AvgIpc) is 3.27. The number of nitrogens with zero attached hydrogens (tertiary/aromatic N) is 1. The van der Waals surface area contributed by atoms with Gasteiger partial charge in [0.2, 0.25) is 10.0 Å². The summed E-state index contributed by atoms with van der Waals surface area (Å²) in [6.07, 6.45) is 0.631. The minimum Gasteiger partial charge on any atom is -0.477 e. The van der Waals surface area contributed by atoms with Crippen molar-refractivity contribution in [1.82, 2.24) is 4.98 Å². The molecule has 0 saturated heterocycles. The molecule has 0 saturated carbocycles. The molecule has 9 nitrogen and oxygen atoms in total. The Kier molecular flexibility index (Phi) is 7.31. The van der Waals surface area contributed by atoms with Crippen molar-refractivity contribution >= 4 is 32.6 Å². The maximum Gasteiger partial charge on any atom is 0.352 e. The molecule has 3 aromatic carbocycles. The predicted octanol–water partition coefficient (Wildman–Crippen LogP) is 4.51. The van der Waals surface area contributed by atoms with Gasteiger partial charge in [-0.2, -0.15) is 5.26 Å². The maximum atomic E-state index is 12.2. The number of rotatable bonds is 9. The molecule has 37 heavy (non-hydrogen) atoms. The van der Waals surface area contributed by atoms with Crippen LogP contribution in [0, 0.1) is 11.3 Å². The normalized spacial score (nSPS) is 12.3. The number of carboxylic acid groups (broad SMARTS) is 1. The standard InChI is InChI=1S/C27H26N4O5S/c1-16(36-15-18-8-6-17(13-28)7-9-18)21-4-3-5-22-24(26(27(32)33)30-25(21)22)19-10-11-23(20(12-19)14-29)31-37(2,34)35/h3-12,16,30-31H,13,15,28H2,1-2H3,(H,32,33). The van der Waals surface area contributed by atoms with E-state index in [9.17, 15) is 23.6 Å². The van der Waals surface area contributed by atoms with Gasteiger partial charge in [-0.1, -0.05) is 48.5 Å². The molecule has 0 amide bonds. The van der Waals surface area contributed by atoms with E-state index < -0.39 is 16.0 Å². The first-order chi connectivity index (χ1) is 17.6. The van der Waals surface area contributed by atoms with Crippen molar-refractivity contribution in [2.45, 2.75) is 26.2 Å². The van der Waals surface area contributed by atoms with Crippen molar-refractivity contribution in [3.63, 3.8) is 0 Å². The van der Waals surface area contributed by atoms with Crippen molar-refractivity contribution in [2.75, 3.05) is 11.0 Å². The number of aromatic nitrogens is 1. The third-order valence-corrected chi connectivity index (χ3v) is 6.59. The van der Waals surface area contributed by atoms with E-state index in [4.69, 9.17) is 10.5 Å². The minimum atomic E-state index is -3.60. The molecule has 1 atom stereocenters. The third kappa shape index (κ3) is 5.65. The topological polar surface area (TPSA) is 158 Å². The van der Waals surface area contributed by atoms with Gasteiger partial charge in [-0.05, 0) is 35.7 Å². The van der Waals surface area contributed by atoms with Gasteiger partial charge in [0.1, 0.15) is 11.8 Å². The second-order valence-corrected chi connectivity index (χ2v) is 10.4. The molecule has 4 rings (SSSR count). The molecular weight excluding hydrogens is 492 g/mol. The molecule has 0 fully saturated rings. The van der Waals surface area contributed by atoms with E-state index in [0.29, 0.717) is 35.2 Å². The summed E-state index contributed by atoms with van der Waals surface area (Å²) in [5.41, 5.74) is 10.1. The van der Waals surface area contributed by atoms with Crippen molar-refractivity contribution in [1.29, 1.82) is 5.26 Å². The van der Waals surface area contributed by atoms with Crippen LogP contribution < -0.4 is 10.5 Å². The number of carbonyl (C=O) groups is 1. The van der Waals surface area contributed by atoms with Crippen LogP contribution in [0.15, 0.2) is 60.7 Å². The number of nitrogens with one attached hydrogen (secondary N) is 2. The number of nitriles is 1. The Hall–Kier alpha value is -4.17. The van der Waals surface area contributed by atoms with Crippen molar-refractivity contribution in [2.24, 2.45) is 5.73 Å². The lowest BCUT2D eigenvalue weighted by atomic mass is 9.97. The second kappa shape index (κ2) is 10.4. The van der Waals surface area contributed by atoms with E-state index in [1.165, 1.54) is 12.1 Å². The van der Waals surface area contributed by atoms with Crippen LogP contribution >= 0.6 is 0 Å². The number of hydrogen-bond donors (Lipinski definition) is 4. The number of ether oxygens (including phenoxy) is 1. The lowest BCUT2D eigenvalue weighted by Gasteiger charge is -2.15. The lowest BCUT2D eigenvalue weighted by molar-refractivity contribution is 0.0533. The number of fused-ring (bicyclic) bond motifs is 1. The van der Waals surface area contributed by atoms with Crippen LogP contribution in [0.25, 0.3) is 22.0 Å². The van der Waals surface area contributed by atoms with Crippen LogP contribution in [0.1, 0.15) is 45.8 Å². The van der Waals surface area contributed by atoms with E-state index in [0.717, 1.165) is 22.9 Å². The molecule has 190 valence electrons. The number of para-hydroxylation sites is 1. The van der Waals surface area contributed by atoms with Gasteiger partial charge in [0, 0.05) is 23.1 Å². The maximum absolute atomic E-state index is 12.2. The lowest BCUT2D eigenvalue weighted by Crippen LogP contribution is -2.10. The predicted molar refractivity (Wildman–Crippen MR) is 141 cm³/mol. The molecule has 5 N–H and O–H groups in total. The first kappa shape index (κ1) is 25.9. The number of H-pyrrole nitrogens is 1. The van der Waals surface area contributed by atoms with E-state index in [1.54, 1.807) is 12.1 Å². The molecule has 0 aliphatic heterocycles. The zero-order valence-corrected chi connectivity index (χ0v) is 21.1. The molecule has 0 bridgehead atoms. The van der Waals surface area contributed by atoms with Gasteiger partial charge in [0.05, 0.1) is 35.7 Å². The van der Waals surface area contributed by atoms with Gasteiger partial charge in [0.15, 0.2) is 0 Å². The van der Waals surface area contributed by atoms with Crippen LogP contribution in [0.3, 0.4) is 0 Å². The Balaban J connectivity index is 1.73. The zero-order chi connectivity index (χ0) is 26.7. The molecule has 1 aromatic heterocycles. The van der Waals surface area contributed by atoms with E-state index in [1.807, 2.05) is 49.4 Å². The molecule has 0 spiro atoms. The fourth-order valence-corrected chi connectivity index (χ4v) is 4.78. The van der Waals surface area contributed by atoms with Crippen molar-refractivity contribution in [3.05, 3.63) is 88.6 Å². The van der Waals surface area contributed by atoms with Crippen molar-refractivity contribution < 1.29 is 23.1 Å². The summed E-state index contributed by atoms with van der Waals surface area (Å²) in [7, 11) is -3.60. The fraction of sp³-hybridized carbons (Fsp3) is 0.185. The number of carboxylic acids is 1. The van der Waals surface area contributed by atoms with Gasteiger partial charge in [0.25, 0.3) is 0 Å². The zero-order valence-electron chi connectivity index (χ0n) is 20.3. The van der Waals surface area contributed by atoms with Crippen molar-refractivity contribution in [3.8, 4) is 17.2 Å². The van der Waals surface area contributed by atoms with Crippen LogP contribution in [-0.4, -0.2) is 30.7 Å². The molecule has 1 heterocycles. The largest absolute Gasteiger partial charge is 0.477 e. The summed E-state index contributed by atoms with van der Waals surface area (Å²) in [5, 5.41) is 20.2. The Morgan fingerprint density at radius 2 is 1.86 bits per heavy atom. The number of benzene rings is 3. The highest BCUT2D eigenvalue weighted by atomic mass is 32.2. The third-order valence-electron chi connectivity index (χ3n) is 6.00. The van der Waals surface area contributed by atoms with Crippen LogP contribution in [0.5, 0.6) is 0 Å². The highest BCUT2D eigenvalue weighted by Crippen LogP contribution is 2.37. The minimum absolute atomic E-state index is 0.0419. The van der Waals surface area contributed by atoms with Crippen LogP contribution in [0.4, 0.5) is 5.69 Å². The number of anilines is 1.